The van der Waals surface area contributed by atoms with E-state index in [0.717, 1.165) is 19.3 Å². The van der Waals surface area contributed by atoms with Crippen molar-refractivity contribution in [2.45, 2.75) is 38.7 Å². The minimum atomic E-state index is -1.24. The van der Waals surface area contributed by atoms with E-state index in [9.17, 15) is 23.1 Å². The van der Waals surface area contributed by atoms with Gasteiger partial charge in [-0.25, -0.2) is 13.2 Å². The third-order valence-corrected chi connectivity index (χ3v) is 4.17. The summed E-state index contributed by atoms with van der Waals surface area (Å²) in [5.41, 5.74) is -1.31. The van der Waals surface area contributed by atoms with Crippen LogP contribution in [0.2, 0.25) is 0 Å². The van der Waals surface area contributed by atoms with Crippen LogP contribution in [0.25, 0.3) is 0 Å². The Hall–Kier alpha value is -1.56. The second-order valence-electron chi connectivity index (χ2n) is 5.84. The van der Waals surface area contributed by atoms with E-state index in [0.29, 0.717) is 18.6 Å². The minimum Gasteiger partial charge on any atom is -0.392 e. The molecule has 1 saturated carbocycles. The van der Waals surface area contributed by atoms with Gasteiger partial charge in [0, 0.05) is 24.1 Å². The Morgan fingerprint density at radius 2 is 1.95 bits per heavy atom. The van der Waals surface area contributed by atoms with Crippen molar-refractivity contribution in [3.63, 3.8) is 0 Å². The lowest BCUT2D eigenvalue weighted by atomic mass is 9.73. The Labute approximate surface area is 121 Å². The highest BCUT2D eigenvalue weighted by Gasteiger charge is 2.36. The maximum absolute atomic E-state index is 13.5. The summed E-state index contributed by atoms with van der Waals surface area (Å²) in [5, 5.41) is 12.4. The van der Waals surface area contributed by atoms with Crippen molar-refractivity contribution in [3.05, 3.63) is 35.1 Å². The first kappa shape index (κ1) is 15.8. The molecule has 2 atom stereocenters. The van der Waals surface area contributed by atoms with Crippen LogP contribution in [0.5, 0.6) is 0 Å². The normalized spacial score (nSPS) is 25.7. The van der Waals surface area contributed by atoms with E-state index >= 15 is 0 Å². The van der Waals surface area contributed by atoms with Crippen LogP contribution in [0.4, 0.5) is 13.2 Å². The molecule has 0 radical (unpaired) electrons. The molecule has 21 heavy (non-hydrogen) atoms. The van der Waals surface area contributed by atoms with E-state index in [4.69, 9.17) is 0 Å². The van der Waals surface area contributed by atoms with Gasteiger partial charge in [-0.15, -0.1) is 0 Å². The molecule has 2 N–H and O–H groups in total. The monoisotopic (exact) mass is 301 g/mol. The first-order valence-corrected chi connectivity index (χ1v) is 6.94. The maximum atomic E-state index is 13.5. The number of nitrogens with one attached hydrogen (secondary N) is 1. The van der Waals surface area contributed by atoms with Gasteiger partial charge in [0.1, 0.15) is 23.0 Å². The molecular formula is C15H18F3NO2. The molecule has 116 valence electrons. The molecule has 1 aromatic rings. The minimum absolute atomic E-state index is 0.114. The summed E-state index contributed by atoms with van der Waals surface area (Å²) in [4.78, 5) is 11.9. The van der Waals surface area contributed by atoms with E-state index in [2.05, 4.69) is 5.32 Å². The van der Waals surface area contributed by atoms with E-state index in [1.165, 1.54) is 0 Å². The van der Waals surface area contributed by atoms with Crippen molar-refractivity contribution in [1.82, 2.24) is 5.32 Å². The standard InChI is InChI=1S/C15H18F3NO2/c1-15(5-3-2-4-12(15)20)8-19-14(21)13-10(17)6-9(16)7-11(13)18/h6-7,12,20H,2-5,8H2,1H3,(H,19,21)/t12-,15+/m0/s1. The zero-order chi connectivity index (χ0) is 15.6. The van der Waals surface area contributed by atoms with Gasteiger partial charge in [0.25, 0.3) is 5.91 Å². The molecule has 0 saturated heterocycles. The highest BCUT2D eigenvalue weighted by molar-refractivity contribution is 5.94. The average molecular weight is 301 g/mol. The van der Waals surface area contributed by atoms with Crippen molar-refractivity contribution in [1.29, 1.82) is 0 Å². The second-order valence-corrected chi connectivity index (χ2v) is 5.84. The number of rotatable bonds is 3. The quantitative estimate of drug-likeness (QED) is 0.902. The van der Waals surface area contributed by atoms with Crippen molar-refractivity contribution in [2.24, 2.45) is 5.41 Å². The molecule has 0 aliphatic heterocycles. The van der Waals surface area contributed by atoms with E-state index < -0.39 is 40.4 Å². The summed E-state index contributed by atoms with van der Waals surface area (Å²) in [6.07, 6.45) is 2.66. The lowest BCUT2D eigenvalue weighted by molar-refractivity contribution is 0.00186. The Morgan fingerprint density at radius 3 is 2.52 bits per heavy atom. The van der Waals surface area contributed by atoms with Crippen LogP contribution in [0, 0.1) is 22.9 Å². The van der Waals surface area contributed by atoms with Crippen LogP contribution in [-0.4, -0.2) is 23.7 Å². The van der Waals surface area contributed by atoms with Gasteiger partial charge in [0.15, 0.2) is 0 Å². The molecule has 0 spiro atoms. The van der Waals surface area contributed by atoms with Crippen molar-refractivity contribution < 1.29 is 23.1 Å². The number of benzene rings is 1. The topological polar surface area (TPSA) is 49.3 Å². The molecule has 0 bridgehead atoms. The number of carbonyl (C=O) groups is 1. The SMILES string of the molecule is C[C@]1(CNC(=O)c2c(F)cc(F)cc2F)CCCC[C@@H]1O. The van der Waals surface area contributed by atoms with Gasteiger partial charge in [0.05, 0.1) is 6.10 Å². The van der Waals surface area contributed by atoms with Gasteiger partial charge in [0.2, 0.25) is 0 Å². The van der Waals surface area contributed by atoms with Crippen LogP contribution in [0.1, 0.15) is 43.0 Å². The van der Waals surface area contributed by atoms with Crippen molar-refractivity contribution in [2.75, 3.05) is 6.54 Å². The summed E-state index contributed by atoms with van der Waals surface area (Å²) in [7, 11) is 0. The lowest BCUT2D eigenvalue weighted by Gasteiger charge is -2.38. The summed E-state index contributed by atoms with van der Waals surface area (Å²) < 4.78 is 39.8. The zero-order valence-corrected chi connectivity index (χ0v) is 11.8. The van der Waals surface area contributed by atoms with Crippen LogP contribution in [0.3, 0.4) is 0 Å². The first-order valence-electron chi connectivity index (χ1n) is 6.94. The molecule has 3 nitrogen and oxygen atoms in total. The van der Waals surface area contributed by atoms with E-state index in [1.807, 2.05) is 6.92 Å². The number of halogens is 3. The molecule has 1 fully saturated rings. The van der Waals surface area contributed by atoms with Gasteiger partial charge >= 0.3 is 0 Å². The second kappa shape index (κ2) is 6.05. The van der Waals surface area contributed by atoms with Crippen LogP contribution in [0.15, 0.2) is 12.1 Å². The van der Waals surface area contributed by atoms with E-state index in [1.54, 1.807) is 0 Å². The molecule has 1 amide bonds. The average Bonchev–Trinajstić information content (AvgIpc) is 2.39. The highest BCUT2D eigenvalue weighted by Crippen LogP contribution is 2.35. The molecule has 0 heterocycles. The fourth-order valence-electron chi connectivity index (χ4n) is 2.72. The molecule has 0 aromatic heterocycles. The number of carbonyl (C=O) groups excluding carboxylic acids is 1. The highest BCUT2D eigenvalue weighted by atomic mass is 19.1. The Morgan fingerprint density at radius 1 is 1.33 bits per heavy atom. The number of hydrogen-bond acceptors (Lipinski definition) is 2. The molecule has 1 aliphatic carbocycles. The summed E-state index contributed by atoms with van der Waals surface area (Å²) in [6.45, 7) is 1.94. The molecule has 6 heteroatoms. The predicted molar refractivity (Wildman–Crippen MR) is 71.2 cm³/mol. The number of amides is 1. The number of aliphatic hydroxyl groups is 1. The van der Waals surface area contributed by atoms with Crippen LogP contribution >= 0.6 is 0 Å². The van der Waals surface area contributed by atoms with Gasteiger partial charge in [-0.2, -0.15) is 0 Å². The number of aliphatic hydroxyl groups excluding tert-OH is 1. The molecule has 1 aromatic carbocycles. The third kappa shape index (κ3) is 3.37. The Kier molecular flexibility index (Phi) is 4.56. The van der Waals surface area contributed by atoms with Gasteiger partial charge in [-0.1, -0.05) is 19.8 Å². The molecule has 2 rings (SSSR count). The summed E-state index contributed by atoms with van der Waals surface area (Å²) in [5.74, 6) is -4.49. The molecule has 1 aliphatic rings. The van der Waals surface area contributed by atoms with E-state index in [-0.39, 0.29) is 6.54 Å². The Balaban J connectivity index is 2.09. The molecule has 0 unspecified atom stereocenters. The van der Waals surface area contributed by atoms with Crippen molar-refractivity contribution in [3.8, 4) is 0 Å². The van der Waals surface area contributed by atoms with Gasteiger partial charge in [-0.3, -0.25) is 4.79 Å². The molecular weight excluding hydrogens is 283 g/mol. The van der Waals surface area contributed by atoms with Crippen molar-refractivity contribution >= 4 is 5.91 Å². The summed E-state index contributed by atoms with van der Waals surface area (Å²) in [6, 6.07) is 0.935. The predicted octanol–water partition coefficient (Wildman–Crippen LogP) is 2.77. The first-order chi connectivity index (χ1) is 9.83. The van der Waals surface area contributed by atoms with Gasteiger partial charge < -0.3 is 10.4 Å². The fraction of sp³-hybridized carbons (Fsp3) is 0.533. The van der Waals surface area contributed by atoms with Crippen LogP contribution < -0.4 is 5.32 Å². The smallest absolute Gasteiger partial charge is 0.257 e. The third-order valence-electron chi connectivity index (χ3n) is 4.17. The van der Waals surface area contributed by atoms with Crippen LogP contribution in [-0.2, 0) is 0 Å². The number of hydrogen-bond donors (Lipinski definition) is 2. The maximum Gasteiger partial charge on any atom is 0.257 e. The Bertz CT molecular complexity index is 527. The zero-order valence-electron chi connectivity index (χ0n) is 11.8. The largest absolute Gasteiger partial charge is 0.392 e. The fourth-order valence-corrected chi connectivity index (χ4v) is 2.72. The lowest BCUT2D eigenvalue weighted by Crippen LogP contribution is -2.45. The van der Waals surface area contributed by atoms with Gasteiger partial charge in [-0.05, 0) is 12.8 Å². The summed E-state index contributed by atoms with van der Waals surface area (Å²) >= 11 is 0.